The molecule has 2 heterocycles. The van der Waals surface area contributed by atoms with E-state index in [2.05, 4.69) is 0 Å². The highest BCUT2D eigenvalue weighted by molar-refractivity contribution is 5.68. The summed E-state index contributed by atoms with van der Waals surface area (Å²) in [5.41, 5.74) is 0.772. The van der Waals surface area contributed by atoms with Gasteiger partial charge in [0, 0.05) is 26.3 Å². The lowest BCUT2D eigenvalue weighted by atomic mass is 9.97. The van der Waals surface area contributed by atoms with Gasteiger partial charge in [-0.1, -0.05) is 30.3 Å². The van der Waals surface area contributed by atoms with Crippen molar-refractivity contribution in [3.8, 4) is 0 Å². The second-order valence-corrected chi connectivity index (χ2v) is 6.48. The molecule has 1 aromatic rings. The summed E-state index contributed by atoms with van der Waals surface area (Å²) in [5.74, 6) is -1.88. The van der Waals surface area contributed by atoms with E-state index in [-0.39, 0.29) is 6.61 Å². The summed E-state index contributed by atoms with van der Waals surface area (Å²) in [5, 5.41) is 0. The minimum Gasteiger partial charge on any atom is -0.455 e. The minimum absolute atomic E-state index is 0.104. The van der Waals surface area contributed by atoms with Crippen LogP contribution in [0.2, 0.25) is 0 Å². The summed E-state index contributed by atoms with van der Waals surface area (Å²) in [6.07, 6.45) is -5.68. The van der Waals surface area contributed by atoms with E-state index in [0.29, 0.717) is 0 Å². The van der Waals surface area contributed by atoms with Gasteiger partial charge in [-0.05, 0) is 0 Å². The predicted molar refractivity (Wildman–Crippen MR) is 91.5 cm³/mol. The van der Waals surface area contributed by atoms with Crippen molar-refractivity contribution in [1.29, 1.82) is 0 Å². The standard InChI is InChI=1S/C19H22O9/c1-10(20)24-16-15-14(9-23-18(28-15)13-7-5-4-6-8-13)27-19(26-12(3)22)17(16)25-11(2)21/h4-8,14-19H,9H2,1-3H3/t14-,15-,16+,17-,18?,19-/m1/s1. The van der Waals surface area contributed by atoms with Crippen LogP contribution in [0.4, 0.5) is 0 Å². The Hall–Kier alpha value is -2.49. The van der Waals surface area contributed by atoms with E-state index < -0.39 is 54.9 Å². The number of carbonyl (C=O) groups is 3. The number of fused-ring (bicyclic) bond motifs is 1. The van der Waals surface area contributed by atoms with E-state index in [1.807, 2.05) is 30.3 Å². The fourth-order valence-electron chi connectivity index (χ4n) is 3.23. The molecule has 2 saturated heterocycles. The maximum atomic E-state index is 11.7. The molecule has 2 aliphatic rings. The molecular formula is C19H22O9. The molecule has 0 amide bonds. The van der Waals surface area contributed by atoms with Gasteiger partial charge in [-0.2, -0.15) is 0 Å². The number of rotatable bonds is 4. The number of carbonyl (C=O) groups excluding carboxylic acids is 3. The van der Waals surface area contributed by atoms with Crippen molar-refractivity contribution in [1.82, 2.24) is 0 Å². The summed E-state index contributed by atoms with van der Waals surface area (Å²) in [6.45, 7) is 3.72. The first kappa shape index (κ1) is 20.2. The second-order valence-electron chi connectivity index (χ2n) is 6.48. The van der Waals surface area contributed by atoms with Gasteiger partial charge in [0.1, 0.15) is 12.2 Å². The van der Waals surface area contributed by atoms with Crippen molar-refractivity contribution in [2.24, 2.45) is 0 Å². The SMILES string of the molecule is CC(=O)O[C@@H]1O[C@@H]2COC(c3ccccc3)O[C@H]2[C@H](OC(C)=O)[C@H]1OC(C)=O. The molecule has 9 nitrogen and oxygen atoms in total. The molecule has 152 valence electrons. The monoisotopic (exact) mass is 394 g/mol. The lowest BCUT2D eigenvalue weighted by molar-refractivity contribution is -0.356. The second kappa shape index (κ2) is 8.68. The lowest BCUT2D eigenvalue weighted by Crippen LogP contribution is -2.64. The van der Waals surface area contributed by atoms with E-state index in [9.17, 15) is 14.4 Å². The minimum atomic E-state index is -1.26. The van der Waals surface area contributed by atoms with Crippen LogP contribution in [0.3, 0.4) is 0 Å². The maximum Gasteiger partial charge on any atom is 0.305 e. The van der Waals surface area contributed by atoms with E-state index in [1.54, 1.807) is 0 Å². The average Bonchev–Trinajstić information content (AvgIpc) is 2.64. The van der Waals surface area contributed by atoms with E-state index in [1.165, 1.54) is 20.8 Å². The first-order chi connectivity index (χ1) is 13.3. The Kier molecular flexibility index (Phi) is 6.28. The van der Waals surface area contributed by atoms with Gasteiger partial charge in [-0.3, -0.25) is 14.4 Å². The number of hydrogen-bond donors (Lipinski definition) is 0. The topological polar surface area (TPSA) is 107 Å². The Morgan fingerprint density at radius 3 is 2.07 bits per heavy atom. The van der Waals surface area contributed by atoms with E-state index >= 15 is 0 Å². The highest BCUT2D eigenvalue weighted by atomic mass is 16.8. The molecule has 6 atom stereocenters. The first-order valence-electron chi connectivity index (χ1n) is 8.84. The van der Waals surface area contributed by atoms with Crippen molar-refractivity contribution in [3.63, 3.8) is 0 Å². The number of esters is 3. The van der Waals surface area contributed by atoms with Gasteiger partial charge in [0.2, 0.25) is 12.4 Å². The van der Waals surface area contributed by atoms with Crippen molar-refractivity contribution >= 4 is 17.9 Å². The molecule has 0 N–H and O–H groups in total. The van der Waals surface area contributed by atoms with Crippen LogP contribution < -0.4 is 0 Å². The van der Waals surface area contributed by atoms with Crippen LogP contribution >= 0.6 is 0 Å². The smallest absolute Gasteiger partial charge is 0.305 e. The van der Waals surface area contributed by atoms with Crippen LogP contribution in [0.25, 0.3) is 0 Å². The van der Waals surface area contributed by atoms with Gasteiger partial charge in [-0.25, -0.2) is 0 Å². The third-order valence-corrected chi connectivity index (χ3v) is 4.24. The normalized spacial score (nSPS) is 32.0. The van der Waals surface area contributed by atoms with E-state index in [0.717, 1.165) is 5.56 Å². The van der Waals surface area contributed by atoms with Crippen molar-refractivity contribution in [2.45, 2.75) is 57.8 Å². The molecule has 1 unspecified atom stereocenters. The summed E-state index contributed by atoms with van der Waals surface area (Å²) in [4.78, 5) is 34.8. The molecule has 2 fully saturated rings. The van der Waals surface area contributed by atoms with E-state index in [4.69, 9.17) is 28.4 Å². The fourth-order valence-corrected chi connectivity index (χ4v) is 3.23. The quantitative estimate of drug-likeness (QED) is 0.551. The summed E-state index contributed by atoms with van der Waals surface area (Å²) in [7, 11) is 0. The maximum absolute atomic E-state index is 11.7. The largest absolute Gasteiger partial charge is 0.455 e. The molecule has 9 heteroatoms. The molecule has 0 bridgehead atoms. The van der Waals surface area contributed by atoms with Gasteiger partial charge < -0.3 is 28.4 Å². The van der Waals surface area contributed by atoms with Gasteiger partial charge in [0.05, 0.1) is 6.61 Å². The van der Waals surface area contributed by atoms with Crippen LogP contribution in [0.15, 0.2) is 30.3 Å². The van der Waals surface area contributed by atoms with Crippen LogP contribution in [0.5, 0.6) is 0 Å². The van der Waals surface area contributed by atoms with Crippen LogP contribution in [0, 0.1) is 0 Å². The van der Waals surface area contributed by atoms with Crippen molar-refractivity contribution < 1.29 is 42.8 Å². The first-order valence-corrected chi connectivity index (χ1v) is 8.84. The van der Waals surface area contributed by atoms with Gasteiger partial charge in [0.15, 0.2) is 12.4 Å². The highest BCUT2D eigenvalue weighted by Crippen LogP contribution is 2.36. The Morgan fingerprint density at radius 2 is 1.46 bits per heavy atom. The third kappa shape index (κ3) is 4.67. The van der Waals surface area contributed by atoms with Crippen molar-refractivity contribution in [3.05, 3.63) is 35.9 Å². The van der Waals surface area contributed by atoms with Crippen molar-refractivity contribution in [2.75, 3.05) is 6.61 Å². The lowest BCUT2D eigenvalue weighted by Gasteiger charge is -2.47. The number of ether oxygens (including phenoxy) is 6. The average molecular weight is 394 g/mol. The zero-order chi connectivity index (χ0) is 20.3. The molecule has 0 spiro atoms. The highest BCUT2D eigenvalue weighted by Gasteiger charge is 2.54. The molecule has 2 aliphatic heterocycles. The molecule has 0 saturated carbocycles. The number of benzene rings is 1. The summed E-state index contributed by atoms with van der Waals surface area (Å²) < 4.78 is 33.3. The van der Waals surface area contributed by atoms with Gasteiger partial charge >= 0.3 is 17.9 Å². The molecule has 1 aromatic carbocycles. The molecule has 0 aromatic heterocycles. The summed E-state index contributed by atoms with van der Waals surface area (Å²) in [6, 6.07) is 9.21. The van der Waals surface area contributed by atoms with Gasteiger partial charge in [-0.15, -0.1) is 0 Å². The zero-order valence-electron chi connectivity index (χ0n) is 15.7. The molecule has 0 aliphatic carbocycles. The Morgan fingerprint density at radius 1 is 0.857 bits per heavy atom. The third-order valence-electron chi connectivity index (χ3n) is 4.24. The van der Waals surface area contributed by atoms with Crippen LogP contribution in [-0.4, -0.2) is 55.2 Å². The molecule has 0 radical (unpaired) electrons. The van der Waals surface area contributed by atoms with Gasteiger partial charge in [0.25, 0.3) is 0 Å². The summed E-state index contributed by atoms with van der Waals surface area (Å²) >= 11 is 0. The zero-order valence-corrected chi connectivity index (χ0v) is 15.7. The Bertz CT molecular complexity index is 719. The Labute approximate surface area is 161 Å². The molecule has 28 heavy (non-hydrogen) atoms. The fraction of sp³-hybridized carbons (Fsp3) is 0.526. The number of hydrogen-bond acceptors (Lipinski definition) is 9. The van der Waals surface area contributed by atoms with Crippen LogP contribution in [-0.2, 0) is 42.8 Å². The molecule has 3 rings (SSSR count). The molecular weight excluding hydrogens is 372 g/mol. The Balaban J connectivity index is 1.88. The van der Waals surface area contributed by atoms with Crippen LogP contribution in [0.1, 0.15) is 32.6 Å². The predicted octanol–water partition coefficient (Wildman–Crippen LogP) is 1.25.